The van der Waals surface area contributed by atoms with Crippen LogP contribution in [0.4, 0.5) is 0 Å². The van der Waals surface area contributed by atoms with Crippen LogP contribution in [0.3, 0.4) is 0 Å². The molecule has 4 rings (SSSR count). The molecule has 0 radical (unpaired) electrons. The fraction of sp³-hybridized carbons (Fsp3) is 0.200. The number of hydrogen-bond donors (Lipinski definition) is 2. The van der Waals surface area contributed by atoms with Crippen molar-refractivity contribution in [2.75, 3.05) is 6.54 Å². The normalized spacial score (nSPS) is 12.2. The highest BCUT2D eigenvalue weighted by Gasteiger charge is 2.15. The molecule has 0 saturated carbocycles. The monoisotopic (exact) mass is 376 g/mol. The van der Waals surface area contributed by atoms with E-state index < -0.39 is 6.10 Å². The third-order valence-corrected chi connectivity index (χ3v) is 4.35. The Hall–Kier alpha value is -3.52. The summed E-state index contributed by atoms with van der Waals surface area (Å²) in [6.07, 6.45) is 4.43. The Morgan fingerprint density at radius 2 is 2.11 bits per heavy atom. The molecule has 0 saturated heterocycles. The first-order valence-electron chi connectivity index (χ1n) is 8.95. The van der Waals surface area contributed by atoms with Crippen molar-refractivity contribution in [1.29, 1.82) is 0 Å². The summed E-state index contributed by atoms with van der Waals surface area (Å²) in [4.78, 5) is 17.0. The van der Waals surface area contributed by atoms with E-state index in [2.05, 4.69) is 20.5 Å². The van der Waals surface area contributed by atoms with Crippen LogP contribution >= 0.6 is 0 Å². The Balaban J connectivity index is 1.74. The Bertz CT molecular complexity index is 1140. The number of rotatable bonds is 5. The minimum absolute atomic E-state index is 0.182. The highest BCUT2D eigenvalue weighted by atomic mass is 16.3. The zero-order chi connectivity index (χ0) is 19.7. The molecule has 0 aliphatic rings. The zero-order valence-corrected chi connectivity index (χ0v) is 15.6. The summed E-state index contributed by atoms with van der Waals surface area (Å²) in [7, 11) is 0. The second-order valence-corrected chi connectivity index (χ2v) is 6.63. The number of carbonyl (C=O) groups excluding carboxylic acids is 1. The Morgan fingerprint density at radius 3 is 2.89 bits per heavy atom. The molecule has 4 aromatic rings. The molecule has 8 nitrogen and oxygen atoms in total. The number of carbonyl (C=O) groups is 1. The average molecular weight is 376 g/mol. The maximum absolute atomic E-state index is 12.4. The zero-order valence-electron chi connectivity index (χ0n) is 15.6. The number of amides is 1. The summed E-state index contributed by atoms with van der Waals surface area (Å²) in [6, 6.07) is 11.5. The summed E-state index contributed by atoms with van der Waals surface area (Å²) in [5, 5.41) is 20.7. The average Bonchev–Trinajstić information content (AvgIpc) is 3.32. The summed E-state index contributed by atoms with van der Waals surface area (Å²) in [6.45, 7) is 3.74. The molecule has 4 heterocycles. The van der Waals surface area contributed by atoms with Gasteiger partial charge in [-0.2, -0.15) is 10.2 Å². The van der Waals surface area contributed by atoms with Crippen LogP contribution in [0.5, 0.6) is 0 Å². The molecule has 28 heavy (non-hydrogen) atoms. The molecule has 0 fully saturated rings. The van der Waals surface area contributed by atoms with E-state index in [1.807, 2.05) is 43.3 Å². The molecule has 2 N–H and O–H groups in total. The minimum Gasteiger partial charge on any atom is -0.392 e. The molecule has 0 aliphatic carbocycles. The van der Waals surface area contributed by atoms with Gasteiger partial charge in [-0.1, -0.05) is 6.07 Å². The second kappa shape index (κ2) is 7.24. The van der Waals surface area contributed by atoms with Crippen molar-refractivity contribution in [3.05, 3.63) is 66.2 Å². The molecule has 4 aromatic heterocycles. The van der Waals surface area contributed by atoms with E-state index in [0.29, 0.717) is 11.1 Å². The number of aryl methyl sites for hydroxylation is 1. The van der Waals surface area contributed by atoms with E-state index in [-0.39, 0.29) is 12.5 Å². The molecule has 0 aliphatic heterocycles. The Labute approximate surface area is 161 Å². The number of fused-ring (bicyclic) bond motifs is 1. The minimum atomic E-state index is -0.613. The van der Waals surface area contributed by atoms with E-state index in [1.54, 1.807) is 28.5 Å². The van der Waals surface area contributed by atoms with Gasteiger partial charge >= 0.3 is 0 Å². The van der Waals surface area contributed by atoms with Gasteiger partial charge in [-0.25, -0.2) is 14.2 Å². The number of pyridine rings is 2. The van der Waals surface area contributed by atoms with E-state index in [9.17, 15) is 9.90 Å². The van der Waals surface area contributed by atoms with Crippen molar-refractivity contribution in [2.24, 2.45) is 0 Å². The van der Waals surface area contributed by atoms with Gasteiger partial charge in [-0.3, -0.25) is 4.79 Å². The maximum atomic E-state index is 12.4. The summed E-state index contributed by atoms with van der Waals surface area (Å²) in [5.41, 5.74) is 3.77. The van der Waals surface area contributed by atoms with Crippen LogP contribution in [0, 0.1) is 6.92 Å². The summed E-state index contributed by atoms with van der Waals surface area (Å²) < 4.78 is 3.41. The van der Waals surface area contributed by atoms with Gasteiger partial charge in [-0.15, -0.1) is 0 Å². The molecule has 1 amide bonds. The van der Waals surface area contributed by atoms with Crippen LogP contribution in [0.15, 0.2) is 55.0 Å². The molecular formula is C20H20N6O2. The SMILES string of the molecule is Cc1cccc(-n2nccc2-c2ccn3ncc(C(=O)NCC(C)O)c3c2)n1. The number of hydrogen-bond acceptors (Lipinski definition) is 5. The fourth-order valence-corrected chi connectivity index (χ4v) is 3.00. The molecule has 1 atom stereocenters. The van der Waals surface area contributed by atoms with Crippen LogP contribution in [0.2, 0.25) is 0 Å². The smallest absolute Gasteiger partial charge is 0.255 e. The standard InChI is InChI=1S/C20H20N6O2/c1-13-4-3-5-19(24-13)26-17(6-8-22-26)15-7-9-25-18(10-15)16(12-23-25)20(28)21-11-14(2)27/h3-10,12,14,27H,11H2,1-2H3,(H,21,28). The molecule has 0 aromatic carbocycles. The number of aliphatic hydroxyl groups excluding tert-OH is 1. The van der Waals surface area contributed by atoms with Crippen LogP contribution in [0.25, 0.3) is 22.6 Å². The third-order valence-electron chi connectivity index (χ3n) is 4.35. The van der Waals surface area contributed by atoms with Gasteiger partial charge in [0.05, 0.1) is 35.3 Å². The highest BCUT2D eigenvalue weighted by Crippen LogP contribution is 2.24. The molecular weight excluding hydrogens is 356 g/mol. The number of nitrogens with zero attached hydrogens (tertiary/aromatic N) is 5. The molecule has 0 spiro atoms. The van der Waals surface area contributed by atoms with Crippen LogP contribution in [-0.4, -0.2) is 48.0 Å². The van der Waals surface area contributed by atoms with E-state index >= 15 is 0 Å². The first kappa shape index (κ1) is 17.9. The fourth-order valence-electron chi connectivity index (χ4n) is 3.00. The van der Waals surface area contributed by atoms with Gasteiger partial charge in [0.25, 0.3) is 5.91 Å². The number of aliphatic hydroxyl groups is 1. The van der Waals surface area contributed by atoms with Gasteiger partial charge in [0.15, 0.2) is 5.82 Å². The predicted molar refractivity (Wildman–Crippen MR) is 104 cm³/mol. The van der Waals surface area contributed by atoms with Gasteiger partial charge in [0.2, 0.25) is 0 Å². The van der Waals surface area contributed by atoms with Crippen LogP contribution < -0.4 is 5.32 Å². The van der Waals surface area contributed by atoms with Crippen molar-refractivity contribution in [3.8, 4) is 17.1 Å². The lowest BCUT2D eigenvalue weighted by Gasteiger charge is -2.09. The van der Waals surface area contributed by atoms with Crippen molar-refractivity contribution in [1.82, 2.24) is 29.7 Å². The van der Waals surface area contributed by atoms with Crippen LogP contribution in [0.1, 0.15) is 23.0 Å². The van der Waals surface area contributed by atoms with Gasteiger partial charge in [0, 0.05) is 24.0 Å². The third kappa shape index (κ3) is 3.37. The van der Waals surface area contributed by atoms with E-state index in [1.165, 1.54) is 6.20 Å². The lowest BCUT2D eigenvalue weighted by molar-refractivity contribution is 0.0925. The van der Waals surface area contributed by atoms with Gasteiger partial charge < -0.3 is 10.4 Å². The van der Waals surface area contributed by atoms with E-state index in [4.69, 9.17) is 0 Å². The maximum Gasteiger partial charge on any atom is 0.255 e. The van der Waals surface area contributed by atoms with Crippen LogP contribution in [-0.2, 0) is 0 Å². The first-order chi connectivity index (χ1) is 13.5. The first-order valence-corrected chi connectivity index (χ1v) is 8.95. The summed E-state index contributed by atoms with van der Waals surface area (Å²) in [5.74, 6) is 0.449. The Kier molecular flexibility index (Phi) is 4.62. The van der Waals surface area contributed by atoms with Crippen molar-refractivity contribution < 1.29 is 9.90 Å². The molecule has 1 unspecified atom stereocenters. The second-order valence-electron chi connectivity index (χ2n) is 6.63. The summed E-state index contributed by atoms with van der Waals surface area (Å²) >= 11 is 0. The van der Waals surface area contributed by atoms with Crippen molar-refractivity contribution in [3.63, 3.8) is 0 Å². The highest BCUT2D eigenvalue weighted by molar-refractivity contribution is 6.01. The Morgan fingerprint density at radius 1 is 1.25 bits per heavy atom. The quantitative estimate of drug-likeness (QED) is 0.555. The predicted octanol–water partition coefficient (Wildman–Crippen LogP) is 2.00. The molecule has 142 valence electrons. The lowest BCUT2D eigenvalue weighted by Crippen LogP contribution is -2.30. The number of aromatic nitrogens is 5. The lowest BCUT2D eigenvalue weighted by atomic mass is 10.1. The topological polar surface area (TPSA) is 97.3 Å². The van der Waals surface area contributed by atoms with Gasteiger partial charge in [0.1, 0.15) is 0 Å². The van der Waals surface area contributed by atoms with Gasteiger partial charge in [-0.05, 0) is 44.2 Å². The largest absolute Gasteiger partial charge is 0.392 e. The number of nitrogens with one attached hydrogen (secondary N) is 1. The molecule has 0 bridgehead atoms. The van der Waals surface area contributed by atoms with E-state index in [0.717, 1.165) is 22.8 Å². The molecule has 8 heteroatoms. The van der Waals surface area contributed by atoms with Crippen molar-refractivity contribution in [2.45, 2.75) is 20.0 Å². The van der Waals surface area contributed by atoms with Crippen molar-refractivity contribution >= 4 is 11.4 Å².